The molecule has 0 saturated heterocycles. The van der Waals surface area contributed by atoms with Crippen molar-refractivity contribution in [2.24, 2.45) is 0 Å². The van der Waals surface area contributed by atoms with Gasteiger partial charge >= 0.3 is 5.97 Å². The normalized spacial score (nSPS) is 11.0. The Morgan fingerprint density at radius 2 is 2.07 bits per heavy atom. The van der Waals surface area contributed by atoms with E-state index in [0.29, 0.717) is 17.8 Å². The summed E-state index contributed by atoms with van der Waals surface area (Å²) in [6, 6.07) is 9.68. The van der Waals surface area contributed by atoms with Crippen LogP contribution in [0.5, 0.6) is 0 Å². The maximum absolute atomic E-state index is 12.7. The van der Waals surface area contributed by atoms with Crippen molar-refractivity contribution >= 4 is 28.2 Å². The molecule has 3 aromatic heterocycles. The number of ether oxygens (including phenoxy) is 1. The molecule has 6 nitrogen and oxygen atoms in total. The molecule has 0 N–H and O–H groups in total. The molecule has 0 spiro atoms. The molecule has 0 fully saturated rings. The first-order chi connectivity index (χ1) is 13.2. The second kappa shape index (κ2) is 7.28. The fourth-order valence-electron chi connectivity index (χ4n) is 2.99. The van der Waals surface area contributed by atoms with E-state index < -0.39 is 5.97 Å². The fourth-order valence-corrected chi connectivity index (χ4v) is 3.62. The third kappa shape index (κ3) is 3.33. The van der Waals surface area contributed by atoms with Crippen LogP contribution in [-0.2, 0) is 17.8 Å². The number of thiophene rings is 1. The van der Waals surface area contributed by atoms with Crippen molar-refractivity contribution in [3.8, 4) is 11.4 Å². The van der Waals surface area contributed by atoms with Crippen LogP contribution in [0, 0.1) is 6.92 Å². The molecule has 0 aliphatic heterocycles. The van der Waals surface area contributed by atoms with Crippen molar-refractivity contribution in [3.63, 3.8) is 0 Å². The lowest BCUT2D eigenvalue weighted by Crippen LogP contribution is -2.12. The first kappa shape index (κ1) is 17.4. The standard InChI is InChI=1S/C20H17N3O3S/c1-3-15-18(12(2)14-6-4-5-7-16(14)21-15)20(24)25-10-17-22-19(23-26-17)13-8-9-27-11-13/h4-9,11H,3,10H2,1-2H3. The Kier molecular flexibility index (Phi) is 4.68. The van der Waals surface area contributed by atoms with Crippen LogP contribution in [0.3, 0.4) is 0 Å². The number of aromatic nitrogens is 3. The molecule has 1 aromatic carbocycles. The number of hydrogen-bond acceptors (Lipinski definition) is 7. The van der Waals surface area contributed by atoms with E-state index in [0.717, 1.165) is 27.7 Å². The number of benzene rings is 1. The average Bonchev–Trinajstić information content (AvgIpc) is 3.37. The summed E-state index contributed by atoms with van der Waals surface area (Å²) in [5.74, 6) is 0.312. The molecule has 0 unspecified atom stereocenters. The Bertz CT molecular complexity index is 1100. The van der Waals surface area contributed by atoms with Gasteiger partial charge in [0, 0.05) is 16.3 Å². The summed E-state index contributed by atoms with van der Waals surface area (Å²) in [5, 5.41) is 8.73. The summed E-state index contributed by atoms with van der Waals surface area (Å²) in [6.45, 7) is 3.81. The van der Waals surface area contributed by atoms with Gasteiger partial charge in [0.1, 0.15) is 0 Å². The molecule has 0 bridgehead atoms. The summed E-state index contributed by atoms with van der Waals surface area (Å²) in [4.78, 5) is 21.6. The molecule has 136 valence electrons. The number of fused-ring (bicyclic) bond motifs is 1. The molecule has 7 heteroatoms. The van der Waals surface area contributed by atoms with Crippen LogP contribution in [0.15, 0.2) is 45.6 Å². The van der Waals surface area contributed by atoms with E-state index in [-0.39, 0.29) is 12.5 Å². The minimum absolute atomic E-state index is 0.0780. The zero-order valence-corrected chi connectivity index (χ0v) is 15.7. The number of rotatable bonds is 5. The van der Waals surface area contributed by atoms with E-state index in [1.54, 1.807) is 11.3 Å². The molecular weight excluding hydrogens is 362 g/mol. The second-order valence-electron chi connectivity index (χ2n) is 6.03. The highest BCUT2D eigenvalue weighted by Crippen LogP contribution is 2.24. The molecule has 0 aliphatic carbocycles. The highest BCUT2D eigenvalue weighted by molar-refractivity contribution is 7.08. The summed E-state index contributed by atoms with van der Waals surface area (Å²) in [7, 11) is 0. The van der Waals surface area contributed by atoms with Gasteiger partial charge in [0.15, 0.2) is 6.61 Å². The third-order valence-electron chi connectivity index (χ3n) is 4.34. The minimum atomic E-state index is -0.433. The number of esters is 1. The zero-order chi connectivity index (χ0) is 18.8. The van der Waals surface area contributed by atoms with Crippen LogP contribution in [-0.4, -0.2) is 21.1 Å². The van der Waals surface area contributed by atoms with Crippen molar-refractivity contribution in [2.75, 3.05) is 0 Å². The van der Waals surface area contributed by atoms with Gasteiger partial charge in [-0.15, -0.1) is 0 Å². The first-order valence-electron chi connectivity index (χ1n) is 8.58. The van der Waals surface area contributed by atoms with E-state index in [9.17, 15) is 4.79 Å². The molecule has 0 radical (unpaired) electrons. The van der Waals surface area contributed by atoms with Crippen molar-refractivity contribution in [1.29, 1.82) is 0 Å². The first-order valence-corrected chi connectivity index (χ1v) is 9.52. The lowest BCUT2D eigenvalue weighted by molar-refractivity contribution is 0.0427. The maximum atomic E-state index is 12.7. The minimum Gasteiger partial charge on any atom is -0.452 e. The number of carbonyl (C=O) groups is 1. The Balaban J connectivity index is 1.57. The van der Waals surface area contributed by atoms with Crippen molar-refractivity contribution in [3.05, 3.63) is 63.8 Å². The maximum Gasteiger partial charge on any atom is 0.340 e. The number of pyridine rings is 1. The highest BCUT2D eigenvalue weighted by atomic mass is 32.1. The van der Waals surface area contributed by atoms with Crippen LogP contribution in [0.2, 0.25) is 0 Å². The molecule has 4 rings (SSSR count). The average molecular weight is 379 g/mol. The predicted molar refractivity (Wildman–Crippen MR) is 103 cm³/mol. The van der Waals surface area contributed by atoms with Crippen LogP contribution in [0.1, 0.15) is 34.4 Å². The molecule has 0 aliphatic rings. The van der Waals surface area contributed by atoms with Crippen molar-refractivity contribution in [2.45, 2.75) is 26.9 Å². The van der Waals surface area contributed by atoms with Crippen LogP contribution < -0.4 is 0 Å². The summed E-state index contributed by atoms with van der Waals surface area (Å²) in [5.41, 5.74) is 3.85. The number of nitrogens with zero attached hydrogens (tertiary/aromatic N) is 3. The molecule has 27 heavy (non-hydrogen) atoms. The highest BCUT2D eigenvalue weighted by Gasteiger charge is 2.20. The van der Waals surface area contributed by atoms with Gasteiger partial charge in [-0.1, -0.05) is 30.3 Å². The second-order valence-corrected chi connectivity index (χ2v) is 6.81. The third-order valence-corrected chi connectivity index (χ3v) is 5.02. The van der Waals surface area contributed by atoms with E-state index in [1.165, 1.54) is 0 Å². The number of carbonyl (C=O) groups excluding carboxylic acids is 1. The lowest BCUT2D eigenvalue weighted by Gasteiger charge is -2.12. The number of hydrogen-bond donors (Lipinski definition) is 0. The molecule has 0 amide bonds. The Morgan fingerprint density at radius 3 is 2.85 bits per heavy atom. The summed E-state index contributed by atoms with van der Waals surface area (Å²) in [6.07, 6.45) is 0.638. The molecular formula is C20H17N3O3S. The van der Waals surface area contributed by atoms with Gasteiger partial charge in [-0.2, -0.15) is 16.3 Å². The van der Waals surface area contributed by atoms with Gasteiger partial charge in [0.2, 0.25) is 5.82 Å². The van der Waals surface area contributed by atoms with E-state index in [4.69, 9.17) is 9.26 Å². The molecule has 4 aromatic rings. The molecule has 0 atom stereocenters. The zero-order valence-electron chi connectivity index (χ0n) is 14.9. The fraction of sp³-hybridized carbons (Fsp3) is 0.200. The van der Waals surface area contributed by atoms with Crippen LogP contribution >= 0.6 is 11.3 Å². The molecule has 3 heterocycles. The lowest BCUT2D eigenvalue weighted by atomic mass is 10.0. The van der Waals surface area contributed by atoms with E-state index in [1.807, 2.05) is 54.9 Å². The van der Waals surface area contributed by atoms with E-state index in [2.05, 4.69) is 15.1 Å². The van der Waals surface area contributed by atoms with Gasteiger partial charge in [-0.3, -0.25) is 4.98 Å². The summed E-state index contributed by atoms with van der Waals surface area (Å²) >= 11 is 1.55. The van der Waals surface area contributed by atoms with Gasteiger partial charge < -0.3 is 9.26 Å². The van der Waals surface area contributed by atoms with Crippen LogP contribution in [0.25, 0.3) is 22.3 Å². The Hall–Kier alpha value is -3.06. The Labute approximate surface area is 159 Å². The topological polar surface area (TPSA) is 78.1 Å². The van der Waals surface area contributed by atoms with Crippen molar-refractivity contribution < 1.29 is 14.1 Å². The van der Waals surface area contributed by atoms with Crippen LogP contribution in [0.4, 0.5) is 0 Å². The van der Waals surface area contributed by atoms with E-state index >= 15 is 0 Å². The van der Waals surface area contributed by atoms with Gasteiger partial charge in [-0.05, 0) is 36.4 Å². The predicted octanol–water partition coefficient (Wildman–Crippen LogP) is 4.57. The van der Waals surface area contributed by atoms with Gasteiger partial charge in [0.05, 0.1) is 16.8 Å². The quantitative estimate of drug-likeness (QED) is 0.473. The Morgan fingerprint density at radius 1 is 1.22 bits per heavy atom. The number of aryl methyl sites for hydroxylation is 2. The SMILES string of the molecule is CCc1nc2ccccc2c(C)c1C(=O)OCc1nc(-c2ccsc2)no1. The smallest absolute Gasteiger partial charge is 0.340 e. The molecule has 0 saturated carbocycles. The van der Waals surface area contributed by atoms with Gasteiger partial charge in [0.25, 0.3) is 5.89 Å². The summed E-state index contributed by atoms with van der Waals surface area (Å²) < 4.78 is 10.6. The monoisotopic (exact) mass is 379 g/mol. The van der Waals surface area contributed by atoms with Gasteiger partial charge in [-0.25, -0.2) is 4.79 Å². The number of para-hydroxylation sites is 1. The largest absolute Gasteiger partial charge is 0.452 e. The van der Waals surface area contributed by atoms with Crippen molar-refractivity contribution in [1.82, 2.24) is 15.1 Å².